The smallest absolute Gasteiger partial charge is 0.306 e. The van der Waals surface area contributed by atoms with Crippen LogP contribution in [0.4, 0.5) is 0 Å². The van der Waals surface area contributed by atoms with Gasteiger partial charge in [-0.05, 0) is 102 Å². The number of allylic oxidation sites excluding steroid dienone is 13. The van der Waals surface area contributed by atoms with Gasteiger partial charge >= 0.3 is 5.97 Å². The van der Waals surface area contributed by atoms with Crippen LogP contribution in [0.5, 0.6) is 0 Å². The molecule has 0 rings (SSSR count). The number of carbonyl (C=O) groups excluding carboxylic acids is 2. The number of nitrogens with zero attached hydrogens (tertiary/aromatic N) is 1. The van der Waals surface area contributed by atoms with Crippen LogP contribution in [0, 0.1) is 0 Å². The summed E-state index contributed by atoms with van der Waals surface area (Å²) in [5, 5.41) is 3.01. The monoisotopic (exact) mass is 1040 g/mol. The quantitative estimate of drug-likeness (QED) is 0.0212. The van der Waals surface area contributed by atoms with Crippen LogP contribution in [0.1, 0.15) is 252 Å². The van der Waals surface area contributed by atoms with Gasteiger partial charge < -0.3 is 28.5 Å². The molecular formula is C63H113N2O7P. The molecule has 0 bridgehead atoms. The van der Waals surface area contributed by atoms with Crippen molar-refractivity contribution < 1.29 is 37.3 Å². The molecule has 0 radical (unpaired) electrons. The molecule has 0 fully saturated rings. The third-order valence-corrected chi connectivity index (χ3v) is 13.8. The molecule has 73 heavy (non-hydrogen) atoms. The molecule has 0 spiro atoms. The van der Waals surface area contributed by atoms with Crippen molar-refractivity contribution >= 4 is 19.7 Å². The number of nitrogens with one attached hydrogen (secondary N) is 1. The van der Waals surface area contributed by atoms with Crippen molar-refractivity contribution in [3.05, 3.63) is 85.1 Å². The first kappa shape index (κ1) is 70.2. The van der Waals surface area contributed by atoms with E-state index in [1.54, 1.807) is 0 Å². The minimum Gasteiger partial charge on any atom is -0.756 e. The largest absolute Gasteiger partial charge is 0.756 e. The minimum atomic E-state index is -4.70. The predicted octanol–water partition coefficient (Wildman–Crippen LogP) is 17.6. The molecule has 1 amide bonds. The van der Waals surface area contributed by atoms with Gasteiger partial charge in [-0.2, -0.15) is 0 Å². The Morgan fingerprint density at radius 2 is 0.877 bits per heavy atom. The van der Waals surface area contributed by atoms with Crippen LogP contribution in [0.3, 0.4) is 0 Å². The number of ether oxygens (including phenoxy) is 1. The fraction of sp³-hybridized carbons (Fsp3) is 0.746. The first-order valence-corrected chi connectivity index (χ1v) is 31.4. The lowest BCUT2D eigenvalue weighted by Gasteiger charge is -2.30. The maximum Gasteiger partial charge on any atom is 0.306 e. The second-order valence-corrected chi connectivity index (χ2v) is 22.5. The number of unbranched alkanes of at least 4 members (excludes halogenated alkanes) is 25. The Bertz CT molecular complexity index is 1530. The highest BCUT2D eigenvalue weighted by Crippen LogP contribution is 2.38. The van der Waals surface area contributed by atoms with Crippen LogP contribution >= 0.6 is 7.82 Å². The van der Waals surface area contributed by atoms with E-state index in [1.807, 2.05) is 33.3 Å². The third-order valence-electron chi connectivity index (χ3n) is 12.8. The van der Waals surface area contributed by atoms with E-state index in [1.165, 1.54) is 96.3 Å². The number of amides is 1. The zero-order chi connectivity index (χ0) is 53.6. The number of phosphoric acid groups is 1. The van der Waals surface area contributed by atoms with Crippen LogP contribution < -0.4 is 10.2 Å². The summed E-state index contributed by atoms with van der Waals surface area (Å²) in [6.07, 6.45) is 68.3. The SMILES string of the molecule is CC/C=C\C/C=C\C/C=C\C/C=C\C/C=C\CCCCCCCC(=O)OC(/C=C\CCCCCCCCCCC)C(COP(=O)([O-])OCC[N+](C)(C)C)NC(=O)CCCCCCCCC/C=C\CCCCCC. The summed E-state index contributed by atoms with van der Waals surface area (Å²) in [5.74, 6) is -0.571. The molecule has 0 aliphatic carbocycles. The molecule has 0 saturated carbocycles. The first-order chi connectivity index (χ1) is 35.4. The number of esters is 1. The van der Waals surface area contributed by atoms with Gasteiger partial charge in [0.15, 0.2) is 0 Å². The lowest BCUT2D eigenvalue weighted by molar-refractivity contribution is -0.870. The number of likely N-dealkylation sites (N-methyl/N-ethyl adjacent to an activating group) is 1. The minimum absolute atomic E-state index is 0.0298. The summed E-state index contributed by atoms with van der Waals surface area (Å²) in [6.45, 7) is 6.69. The summed E-state index contributed by atoms with van der Waals surface area (Å²) in [6, 6.07) is -0.901. The highest BCUT2D eigenvalue weighted by molar-refractivity contribution is 7.45. The first-order valence-electron chi connectivity index (χ1n) is 29.9. The van der Waals surface area contributed by atoms with E-state index in [-0.39, 0.29) is 24.9 Å². The average molecular weight is 1040 g/mol. The maximum absolute atomic E-state index is 13.5. The van der Waals surface area contributed by atoms with E-state index >= 15 is 0 Å². The zero-order valence-electron chi connectivity index (χ0n) is 48.1. The normalized spacial score (nSPS) is 14.3. The number of rotatable bonds is 53. The number of hydrogen-bond donors (Lipinski definition) is 1. The van der Waals surface area contributed by atoms with Gasteiger partial charge in [0.2, 0.25) is 5.91 Å². The molecule has 1 N–H and O–H groups in total. The van der Waals surface area contributed by atoms with Gasteiger partial charge in [-0.1, -0.05) is 222 Å². The Balaban J connectivity index is 5.29. The lowest BCUT2D eigenvalue weighted by atomic mass is 10.1. The molecule has 0 aromatic heterocycles. The van der Waals surface area contributed by atoms with Crippen LogP contribution in [0.2, 0.25) is 0 Å². The van der Waals surface area contributed by atoms with Crippen LogP contribution in [0.25, 0.3) is 0 Å². The number of quaternary nitrogens is 1. The molecule has 10 heteroatoms. The standard InChI is InChI=1S/C63H113N2O7P/c1-7-10-13-16-19-22-25-27-29-30-31-32-33-34-36-38-41-44-47-50-53-56-63(67)72-61(54-51-48-45-42-39-24-21-18-15-12-9-3)60(59-71-73(68,69)70-58-57-65(4,5)6)64-62(66)55-52-49-46-43-40-37-35-28-26-23-20-17-14-11-8-2/h10,13,19,22-23,26-27,29,31-32,34,36,51,54,60-61H,7-9,11-12,14-18,20-21,24-25,28,30,33,35,37-50,52-53,55-59H2,1-6H3,(H-,64,66,68,69)/b13-10-,22-19-,26-23-,29-27-,32-31-,36-34-,54-51-. The maximum atomic E-state index is 13.5. The molecule has 0 aromatic carbocycles. The van der Waals surface area contributed by atoms with E-state index in [0.717, 1.165) is 116 Å². The van der Waals surface area contributed by atoms with E-state index < -0.39 is 26.6 Å². The Kier molecular flexibility index (Phi) is 50.6. The number of hydrogen-bond acceptors (Lipinski definition) is 7. The molecule has 422 valence electrons. The van der Waals surface area contributed by atoms with Gasteiger partial charge in [-0.25, -0.2) is 0 Å². The third kappa shape index (κ3) is 53.8. The number of phosphoric ester groups is 1. The van der Waals surface area contributed by atoms with Gasteiger partial charge in [0, 0.05) is 12.8 Å². The summed E-state index contributed by atoms with van der Waals surface area (Å²) in [5.41, 5.74) is 0. The van der Waals surface area contributed by atoms with Crippen molar-refractivity contribution in [2.45, 2.75) is 264 Å². The van der Waals surface area contributed by atoms with Gasteiger partial charge in [-0.15, -0.1) is 0 Å². The highest BCUT2D eigenvalue weighted by atomic mass is 31.2. The highest BCUT2D eigenvalue weighted by Gasteiger charge is 2.27. The van der Waals surface area contributed by atoms with Crippen molar-refractivity contribution in [3.63, 3.8) is 0 Å². The Morgan fingerprint density at radius 3 is 1.34 bits per heavy atom. The summed E-state index contributed by atoms with van der Waals surface area (Å²) < 4.78 is 30.2. The number of carbonyl (C=O) groups is 2. The molecule has 3 atom stereocenters. The second-order valence-electron chi connectivity index (χ2n) is 21.1. The topological polar surface area (TPSA) is 114 Å². The Morgan fingerprint density at radius 1 is 0.493 bits per heavy atom. The average Bonchev–Trinajstić information content (AvgIpc) is 3.35. The Hall–Kier alpha value is -2.81. The van der Waals surface area contributed by atoms with Crippen molar-refractivity contribution in [2.24, 2.45) is 0 Å². The summed E-state index contributed by atoms with van der Waals surface area (Å²) in [7, 11) is 1.16. The van der Waals surface area contributed by atoms with E-state index in [0.29, 0.717) is 23.9 Å². The fourth-order valence-corrected chi connectivity index (χ4v) is 8.91. The molecule has 0 aromatic rings. The molecule has 0 heterocycles. The molecule has 0 aliphatic rings. The molecule has 0 aliphatic heterocycles. The van der Waals surface area contributed by atoms with Crippen LogP contribution in [0.15, 0.2) is 85.1 Å². The molecule has 9 nitrogen and oxygen atoms in total. The Labute approximate surface area is 450 Å². The molecule has 0 saturated heterocycles. The zero-order valence-corrected chi connectivity index (χ0v) is 49.0. The van der Waals surface area contributed by atoms with Crippen LogP contribution in [-0.4, -0.2) is 69.4 Å². The van der Waals surface area contributed by atoms with Crippen molar-refractivity contribution in [3.8, 4) is 0 Å². The molecule has 3 unspecified atom stereocenters. The second kappa shape index (κ2) is 52.6. The lowest BCUT2D eigenvalue weighted by Crippen LogP contribution is -2.47. The van der Waals surface area contributed by atoms with Crippen molar-refractivity contribution in [1.29, 1.82) is 0 Å². The van der Waals surface area contributed by atoms with Gasteiger partial charge in [0.05, 0.1) is 33.8 Å². The summed E-state index contributed by atoms with van der Waals surface area (Å²) >= 11 is 0. The predicted molar refractivity (Wildman–Crippen MR) is 311 cm³/mol. The van der Waals surface area contributed by atoms with Crippen molar-refractivity contribution in [1.82, 2.24) is 5.32 Å². The fourth-order valence-electron chi connectivity index (χ4n) is 8.19. The molecular weight excluding hydrogens is 928 g/mol. The van der Waals surface area contributed by atoms with E-state index in [9.17, 15) is 19.0 Å². The van der Waals surface area contributed by atoms with E-state index in [2.05, 4.69) is 99.0 Å². The van der Waals surface area contributed by atoms with E-state index in [4.69, 9.17) is 13.8 Å². The summed E-state index contributed by atoms with van der Waals surface area (Å²) in [4.78, 5) is 39.9. The van der Waals surface area contributed by atoms with Crippen molar-refractivity contribution in [2.75, 3.05) is 40.9 Å². The van der Waals surface area contributed by atoms with Gasteiger partial charge in [0.25, 0.3) is 7.82 Å². The van der Waals surface area contributed by atoms with Crippen LogP contribution in [-0.2, 0) is 27.9 Å². The van der Waals surface area contributed by atoms with Gasteiger partial charge in [-0.3, -0.25) is 14.2 Å². The van der Waals surface area contributed by atoms with Gasteiger partial charge in [0.1, 0.15) is 19.3 Å².